The van der Waals surface area contributed by atoms with Gasteiger partial charge in [0.15, 0.2) is 0 Å². The molecule has 6 nitrogen and oxygen atoms in total. The molecular weight excluding hydrogens is 291 g/mol. The summed E-state index contributed by atoms with van der Waals surface area (Å²) in [4.78, 5) is 29.9. The molecule has 0 radical (unpaired) electrons. The van der Waals surface area contributed by atoms with Crippen LogP contribution >= 0.6 is 0 Å². The Kier molecular flexibility index (Phi) is 5.82. The molecule has 1 unspecified atom stereocenters. The molecule has 1 aliphatic heterocycles. The summed E-state index contributed by atoms with van der Waals surface area (Å²) in [5.41, 5.74) is 0. The zero-order valence-electron chi connectivity index (χ0n) is 12.2. The van der Waals surface area contributed by atoms with Gasteiger partial charge in [0.2, 0.25) is 0 Å². The van der Waals surface area contributed by atoms with Gasteiger partial charge >= 0.3 is 12.2 Å². The first-order valence-corrected chi connectivity index (χ1v) is 6.60. The Bertz CT molecular complexity index is 390. The Morgan fingerprint density at radius 2 is 2.00 bits per heavy atom. The Morgan fingerprint density at radius 1 is 1.38 bits per heavy atom. The second-order valence-corrected chi connectivity index (χ2v) is 4.97. The molecule has 0 aliphatic carbocycles. The number of hydrogen-bond acceptors (Lipinski definition) is 3. The SMILES string of the molecule is CC[C@@H]1CN(C(=O)NCC(F)(F)F)CC1C(=O)N(C)OC. The number of amides is 3. The van der Waals surface area contributed by atoms with Gasteiger partial charge < -0.3 is 10.2 Å². The lowest BCUT2D eigenvalue weighted by molar-refractivity contribution is -0.174. The Balaban J connectivity index is 2.64. The number of nitrogens with one attached hydrogen (secondary N) is 1. The first kappa shape index (κ1) is 17.5. The van der Waals surface area contributed by atoms with Crippen molar-refractivity contribution in [3.05, 3.63) is 0 Å². The molecule has 0 saturated carbocycles. The molecule has 0 aromatic carbocycles. The quantitative estimate of drug-likeness (QED) is 0.795. The van der Waals surface area contributed by atoms with Crippen LogP contribution in [-0.2, 0) is 9.63 Å². The minimum absolute atomic E-state index is 0.0910. The van der Waals surface area contributed by atoms with Crippen molar-refractivity contribution in [2.24, 2.45) is 11.8 Å². The number of carbonyl (C=O) groups excluding carboxylic acids is 2. The van der Waals surface area contributed by atoms with Gasteiger partial charge in [0, 0.05) is 20.1 Å². The van der Waals surface area contributed by atoms with Gasteiger partial charge in [-0.05, 0) is 5.92 Å². The topological polar surface area (TPSA) is 61.9 Å². The van der Waals surface area contributed by atoms with Crippen molar-refractivity contribution in [2.75, 3.05) is 33.8 Å². The van der Waals surface area contributed by atoms with Gasteiger partial charge in [-0.15, -0.1) is 0 Å². The van der Waals surface area contributed by atoms with E-state index in [1.165, 1.54) is 19.1 Å². The lowest BCUT2D eigenvalue weighted by Crippen LogP contribution is -2.43. The largest absolute Gasteiger partial charge is 0.405 e. The minimum atomic E-state index is -4.45. The number of urea groups is 1. The number of carbonyl (C=O) groups is 2. The number of hydrogen-bond donors (Lipinski definition) is 1. The molecule has 122 valence electrons. The summed E-state index contributed by atoms with van der Waals surface area (Å²) in [7, 11) is 2.81. The molecule has 0 spiro atoms. The van der Waals surface area contributed by atoms with Gasteiger partial charge in [-0.25, -0.2) is 9.86 Å². The standard InChI is InChI=1S/C12H20F3N3O3/c1-4-8-5-18(11(20)16-7-12(13,14)15)6-9(8)10(19)17(2)21-3/h8-9H,4-7H2,1-3H3,(H,16,20)/t8-,9?/m1/s1. The van der Waals surface area contributed by atoms with Crippen LogP contribution in [0.1, 0.15) is 13.3 Å². The second kappa shape index (κ2) is 6.97. The summed E-state index contributed by atoms with van der Waals surface area (Å²) in [5.74, 6) is -0.834. The van der Waals surface area contributed by atoms with E-state index in [9.17, 15) is 22.8 Å². The number of likely N-dealkylation sites (tertiary alicyclic amines) is 1. The fourth-order valence-corrected chi connectivity index (χ4v) is 2.34. The van der Waals surface area contributed by atoms with Crippen LogP contribution in [0.4, 0.5) is 18.0 Å². The third-order valence-electron chi connectivity index (χ3n) is 3.59. The fraction of sp³-hybridized carbons (Fsp3) is 0.833. The molecule has 0 aromatic rings. The van der Waals surface area contributed by atoms with Crippen molar-refractivity contribution in [3.8, 4) is 0 Å². The number of halogens is 3. The summed E-state index contributed by atoms with van der Waals surface area (Å²) < 4.78 is 36.3. The van der Waals surface area contributed by atoms with Gasteiger partial charge in [-0.3, -0.25) is 9.63 Å². The highest BCUT2D eigenvalue weighted by Crippen LogP contribution is 2.27. The fourth-order valence-electron chi connectivity index (χ4n) is 2.34. The number of rotatable bonds is 4. The molecule has 0 bridgehead atoms. The van der Waals surface area contributed by atoms with E-state index in [-0.39, 0.29) is 24.9 Å². The lowest BCUT2D eigenvalue weighted by Gasteiger charge is -2.21. The lowest BCUT2D eigenvalue weighted by atomic mass is 9.93. The highest BCUT2D eigenvalue weighted by molar-refractivity contribution is 5.81. The van der Waals surface area contributed by atoms with Crippen LogP contribution in [0.5, 0.6) is 0 Å². The smallest absolute Gasteiger partial charge is 0.329 e. The summed E-state index contributed by atoms with van der Waals surface area (Å²) in [6.07, 6.45) is -3.80. The molecule has 1 aliphatic rings. The third-order valence-corrected chi connectivity index (χ3v) is 3.59. The minimum Gasteiger partial charge on any atom is -0.329 e. The zero-order chi connectivity index (χ0) is 16.2. The molecule has 0 aromatic heterocycles. The van der Waals surface area contributed by atoms with Crippen LogP contribution in [-0.4, -0.2) is 61.9 Å². The van der Waals surface area contributed by atoms with Crippen molar-refractivity contribution in [1.82, 2.24) is 15.3 Å². The monoisotopic (exact) mass is 311 g/mol. The van der Waals surface area contributed by atoms with Crippen LogP contribution in [0.15, 0.2) is 0 Å². The second-order valence-electron chi connectivity index (χ2n) is 4.97. The van der Waals surface area contributed by atoms with E-state index in [1.54, 1.807) is 0 Å². The highest BCUT2D eigenvalue weighted by atomic mass is 19.4. The van der Waals surface area contributed by atoms with E-state index in [0.29, 0.717) is 6.42 Å². The summed E-state index contributed by atoms with van der Waals surface area (Å²) in [6.45, 7) is 0.841. The number of alkyl halides is 3. The molecule has 2 atom stereocenters. The van der Waals surface area contributed by atoms with E-state index >= 15 is 0 Å². The van der Waals surface area contributed by atoms with E-state index in [2.05, 4.69) is 0 Å². The molecule has 1 heterocycles. The zero-order valence-corrected chi connectivity index (χ0v) is 12.2. The molecule has 1 fully saturated rings. The van der Waals surface area contributed by atoms with Gasteiger partial charge in [0.1, 0.15) is 6.54 Å². The maximum absolute atomic E-state index is 12.1. The summed E-state index contributed by atoms with van der Waals surface area (Å²) >= 11 is 0. The van der Waals surface area contributed by atoms with E-state index in [1.807, 2.05) is 12.2 Å². The van der Waals surface area contributed by atoms with Crippen molar-refractivity contribution >= 4 is 11.9 Å². The van der Waals surface area contributed by atoms with E-state index in [0.717, 1.165) is 5.06 Å². The molecular formula is C12H20F3N3O3. The maximum atomic E-state index is 12.1. The predicted molar refractivity (Wildman–Crippen MR) is 68.1 cm³/mol. The highest BCUT2D eigenvalue weighted by Gasteiger charge is 2.40. The molecule has 1 rings (SSSR count). The van der Waals surface area contributed by atoms with Gasteiger partial charge in [-0.1, -0.05) is 13.3 Å². The predicted octanol–water partition coefficient (Wildman–Crippen LogP) is 1.24. The van der Waals surface area contributed by atoms with Crippen LogP contribution in [0.2, 0.25) is 0 Å². The average molecular weight is 311 g/mol. The van der Waals surface area contributed by atoms with Crippen LogP contribution < -0.4 is 5.32 Å². The molecule has 3 amide bonds. The Hall–Kier alpha value is -1.51. The average Bonchev–Trinajstić information content (AvgIpc) is 2.86. The van der Waals surface area contributed by atoms with Crippen molar-refractivity contribution in [2.45, 2.75) is 19.5 Å². The summed E-state index contributed by atoms with van der Waals surface area (Å²) in [5, 5.41) is 2.89. The normalized spacial score (nSPS) is 22.3. The number of nitrogens with zero attached hydrogens (tertiary/aromatic N) is 2. The maximum Gasteiger partial charge on any atom is 0.405 e. The van der Waals surface area contributed by atoms with Crippen LogP contribution in [0.25, 0.3) is 0 Å². The summed E-state index contributed by atoms with van der Waals surface area (Å²) in [6, 6.07) is -0.804. The first-order valence-electron chi connectivity index (χ1n) is 6.60. The third kappa shape index (κ3) is 4.76. The molecule has 1 saturated heterocycles. The first-order chi connectivity index (χ1) is 9.69. The van der Waals surface area contributed by atoms with Gasteiger partial charge in [-0.2, -0.15) is 13.2 Å². The van der Waals surface area contributed by atoms with E-state index < -0.39 is 24.7 Å². The van der Waals surface area contributed by atoms with Crippen LogP contribution in [0.3, 0.4) is 0 Å². The molecule has 9 heteroatoms. The number of hydroxylamine groups is 2. The van der Waals surface area contributed by atoms with Crippen LogP contribution in [0, 0.1) is 11.8 Å². The Labute approximate surface area is 121 Å². The molecule has 21 heavy (non-hydrogen) atoms. The van der Waals surface area contributed by atoms with E-state index in [4.69, 9.17) is 4.84 Å². The van der Waals surface area contributed by atoms with Gasteiger partial charge in [0.25, 0.3) is 5.91 Å². The van der Waals surface area contributed by atoms with Crippen molar-refractivity contribution in [3.63, 3.8) is 0 Å². The van der Waals surface area contributed by atoms with Gasteiger partial charge in [0.05, 0.1) is 13.0 Å². The van der Waals surface area contributed by atoms with Crippen molar-refractivity contribution in [1.29, 1.82) is 0 Å². The Morgan fingerprint density at radius 3 is 2.48 bits per heavy atom. The molecule has 1 N–H and O–H groups in total. The van der Waals surface area contributed by atoms with Crippen molar-refractivity contribution < 1.29 is 27.6 Å².